The van der Waals surface area contributed by atoms with Crippen LogP contribution in [-0.4, -0.2) is 20.1 Å². The molecule has 0 unspecified atom stereocenters. The highest BCUT2D eigenvalue weighted by Crippen LogP contribution is 2.26. The molecule has 0 saturated heterocycles. The van der Waals surface area contributed by atoms with Crippen molar-refractivity contribution in [3.05, 3.63) is 76.2 Å². The fourth-order valence-electron chi connectivity index (χ4n) is 3.33. The van der Waals surface area contributed by atoms with Crippen molar-refractivity contribution in [1.29, 1.82) is 0 Å². The molecule has 28 heavy (non-hydrogen) atoms. The van der Waals surface area contributed by atoms with E-state index in [0.717, 1.165) is 5.76 Å². The van der Waals surface area contributed by atoms with Crippen LogP contribution in [0.25, 0.3) is 0 Å². The summed E-state index contributed by atoms with van der Waals surface area (Å²) in [6.45, 7) is 6.29. The van der Waals surface area contributed by atoms with Crippen molar-refractivity contribution in [2.45, 2.75) is 27.2 Å². The van der Waals surface area contributed by atoms with E-state index >= 15 is 0 Å². The van der Waals surface area contributed by atoms with Gasteiger partial charge in [-0.15, -0.1) is 0 Å². The van der Waals surface area contributed by atoms with Gasteiger partial charge in [-0.3, -0.25) is 4.79 Å². The number of methoxy groups -OCH3 is 2. The maximum Gasteiger partial charge on any atom is 0.291 e. The number of hydrogen-bond acceptors (Lipinski definition) is 4. The van der Waals surface area contributed by atoms with Gasteiger partial charge >= 0.3 is 0 Å². The molecule has 0 aliphatic carbocycles. The van der Waals surface area contributed by atoms with Crippen molar-refractivity contribution in [3.8, 4) is 11.5 Å². The average molecular weight is 379 g/mol. The summed E-state index contributed by atoms with van der Waals surface area (Å²) >= 11 is 0. The minimum Gasteiger partial charge on any atom is -0.497 e. The molecule has 2 aromatic carbocycles. The third-order valence-corrected chi connectivity index (χ3v) is 4.69. The number of carbonyl (C=O) groups is 1. The highest BCUT2D eigenvalue weighted by molar-refractivity contribution is 6.02. The lowest BCUT2D eigenvalue weighted by Crippen LogP contribution is -2.11. The predicted molar refractivity (Wildman–Crippen MR) is 110 cm³/mol. The van der Waals surface area contributed by atoms with Gasteiger partial charge in [0.25, 0.3) is 5.91 Å². The Kier molecular flexibility index (Phi) is 5.73. The SMILES string of the molecule is COc1cc(NC(=O)c2ccc(Cc3c(C)cc(C)cc3C)o2)cc(OC)c1. The van der Waals surface area contributed by atoms with E-state index in [1.54, 1.807) is 38.5 Å². The lowest BCUT2D eigenvalue weighted by atomic mass is 9.97. The maximum atomic E-state index is 12.6. The van der Waals surface area contributed by atoms with Gasteiger partial charge in [-0.1, -0.05) is 17.7 Å². The van der Waals surface area contributed by atoms with E-state index in [9.17, 15) is 4.79 Å². The van der Waals surface area contributed by atoms with E-state index in [4.69, 9.17) is 13.9 Å². The monoisotopic (exact) mass is 379 g/mol. The third-order valence-electron chi connectivity index (χ3n) is 4.69. The van der Waals surface area contributed by atoms with Gasteiger partial charge in [0.2, 0.25) is 0 Å². The number of aryl methyl sites for hydroxylation is 3. The highest BCUT2D eigenvalue weighted by Gasteiger charge is 2.14. The van der Waals surface area contributed by atoms with Crippen LogP contribution in [0.3, 0.4) is 0 Å². The Morgan fingerprint density at radius 2 is 1.54 bits per heavy atom. The van der Waals surface area contributed by atoms with Gasteiger partial charge in [0, 0.05) is 30.3 Å². The number of rotatable bonds is 6. The van der Waals surface area contributed by atoms with Crippen LogP contribution in [0.15, 0.2) is 46.9 Å². The van der Waals surface area contributed by atoms with E-state index in [0.29, 0.717) is 23.6 Å². The van der Waals surface area contributed by atoms with E-state index in [1.807, 2.05) is 6.07 Å². The molecule has 0 aliphatic heterocycles. The van der Waals surface area contributed by atoms with Crippen molar-refractivity contribution in [2.24, 2.45) is 0 Å². The van der Waals surface area contributed by atoms with Gasteiger partial charge in [0.15, 0.2) is 5.76 Å². The van der Waals surface area contributed by atoms with Gasteiger partial charge in [-0.2, -0.15) is 0 Å². The van der Waals surface area contributed by atoms with E-state index in [2.05, 4.69) is 38.2 Å². The van der Waals surface area contributed by atoms with Crippen LogP contribution in [0.1, 0.15) is 38.6 Å². The van der Waals surface area contributed by atoms with E-state index < -0.39 is 0 Å². The lowest BCUT2D eigenvalue weighted by Gasteiger charge is -2.10. The molecule has 1 heterocycles. The molecule has 0 bridgehead atoms. The zero-order valence-corrected chi connectivity index (χ0v) is 16.9. The number of anilines is 1. The molecule has 5 heteroatoms. The molecule has 3 rings (SSSR count). The van der Waals surface area contributed by atoms with Crippen molar-refractivity contribution < 1.29 is 18.7 Å². The Labute approximate surface area is 165 Å². The second kappa shape index (κ2) is 8.21. The molecule has 1 amide bonds. The topological polar surface area (TPSA) is 60.7 Å². The quantitative estimate of drug-likeness (QED) is 0.650. The minimum atomic E-state index is -0.320. The van der Waals surface area contributed by atoms with Gasteiger partial charge in [0.1, 0.15) is 17.3 Å². The fourth-order valence-corrected chi connectivity index (χ4v) is 3.33. The predicted octanol–water partition coefficient (Wildman–Crippen LogP) is 5.07. The first-order valence-electron chi connectivity index (χ1n) is 9.09. The Balaban J connectivity index is 1.76. The van der Waals surface area contributed by atoms with Crippen LogP contribution < -0.4 is 14.8 Å². The highest BCUT2D eigenvalue weighted by atomic mass is 16.5. The minimum absolute atomic E-state index is 0.263. The second-order valence-corrected chi connectivity index (χ2v) is 6.88. The summed E-state index contributed by atoms with van der Waals surface area (Å²) in [7, 11) is 3.13. The van der Waals surface area contributed by atoms with Crippen molar-refractivity contribution >= 4 is 11.6 Å². The van der Waals surface area contributed by atoms with Crippen LogP contribution in [0.5, 0.6) is 11.5 Å². The second-order valence-electron chi connectivity index (χ2n) is 6.88. The molecule has 0 spiro atoms. The number of benzene rings is 2. The van der Waals surface area contributed by atoms with Crippen LogP contribution in [0.4, 0.5) is 5.69 Å². The van der Waals surface area contributed by atoms with Gasteiger partial charge in [-0.05, 0) is 49.6 Å². The fraction of sp³-hybridized carbons (Fsp3) is 0.261. The largest absolute Gasteiger partial charge is 0.497 e. The first kappa shape index (κ1) is 19.5. The van der Waals surface area contributed by atoms with Crippen molar-refractivity contribution in [3.63, 3.8) is 0 Å². The summed E-state index contributed by atoms with van der Waals surface area (Å²) in [5.41, 5.74) is 5.49. The molecule has 146 valence electrons. The first-order chi connectivity index (χ1) is 13.4. The van der Waals surface area contributed by atoms with Crippen molar-refractivity contribution in [2.75, 3.05) is 19.5 Å². The number of carbonyl (C=O) groups excluding carboxylic acids is 1. The molecular weight excluding hydrogens is 354 g/mol. The number of ether oxygens (including phenoxy) is 2. The summed E-state index contributed by atoms with van der Waals surface area (Å²) in [4.78, 5) is 12.6. The summed E-state index contributed by atoms with van der Waals surface area (Å²) in [5, 5.41) is 2.82. The zero-order chi connectivity index (χ0) is 20.3. The standard InChI is InChI=1S/C23H25NO4/c1-14-8-15(2)21(16(3)9-14)13-18-6-7-22(28-18)23(25)24-17-10-19(26-4)12-20(11-17)27-5/h6-12H,13H2,1-5H3,(H,24,25). The van der Waals surface area contributed by atoms with Gasteiger partial charge in [-0.25, -0.2) is 0 Å². The number of nitrogens with one attached hydrogen (secondary N) is 1. The summed E-state index contributed by atoms with van der Waals surface area (Å²) in [6, 6.07) is 13.1. The smallest absolute Gasteiger partial charge is 0.291 e. The molecule has 3 aromatic rings. The van der Waals surface area contributed by atoms with Crippen LogP contribution in [0.2, 0.25) is 0 Å². The Morgan fingerprint density at radius 1 is 0.929 bits per heavy atom. The molecule has 0 fully saturated rings. The molecule has 1 aromatic heterocycles. The normalized spacial score (nSPS) is 10.6. The van der Waals surface area contributed by atoms with Crippen LogP contribution in [-0.2, 0) is 6.42 Å². The molecule has 0 saturated carbocycles. The number of furan rings is 1. The summed E-state index contributed by atoms with van der Waals surface area (Å²) in [5.74, 6) is 1.89. The molecule has 1 N–H and O–H groups in total. The maximum absolute atomic E-state index is 12.6. The Morgan fingerprint density at radius 3 is 2.11 bits per heavy atom. The summed E-state index contributed by atoms with van der Waals surface area (Å²) < 4.78 is 16.3. The van der Waals surface area contributed by atoms with Crippen LogP contribution in [0, 0.1) is 20.8 Å². The first-order valence-corrected chi connectivity index (χ1v) is 9.09. The molecule has 0 radical (unpaired) electrons. The van der Waals surface area contributed by atoms with Gasteiger partial charge in [0.05, 0.1) is 14.2 Å². The average Bonchev–Trinajstić information content (AvgIpc) is 3.13. The molecule has 0 atom stereocenters. The Hall–Kier alpha value is -3.21. The Bertz CT molecular complexity index is 958. The van der Waals surface area contributed by atoms with Crippen molar-refractivity contribution in [1.82, 2.24) is 0 Å². The third kappa shape index (κ3) is 4.36. The molecule has 5 nitrogen and oxygen atoms in total. The summed E-state index contributed by atoms with van der Waals surface area (Å²) in [6.07, 6.45) is 0.651. The molecule has 0 aliphatic rings. The zero-order valence-electron chi connectivity index (χ0n) is 16.9. The van der Waals surface area contributed by atoms with Crippen LogP contribution >= 0.6 is 0 Å². The molecular formula is C23H25NO4. The number of amides is 1. The van der Waals surface area contributed by atoms with E-state index in [-0.39, 0.29) is 11.7 Å². The van der Waals surface area contributed by atoms with Gasteiger partial charge < -0.3 is 19.2 Å². The lowest BCUT2D eigenvalue weighted by molar-refractivity contribution is 0.0995. The van der Waals surface area contributed by atoms with E-state index in [1.165, 1.54) is 22.3 Å². The number of hydrogen-bond donors (Lipinski definition) is 1.